The molecular weight excluding hydrogens is 150 g/mol. The minimum Gasteiger partial charge on any atom is -0.393 e. The number of alkyl halides is 2. The molecule has 0 aromatic heterocycles. The summed E-state index contributed by atoms with van der Waals surface area (Å²) in [6.45, 7) is 1.67. The smallest absolute Gasteiger partial charge is 0.248 e. The molecule has 0 amide bonds. The van der Waals surface area contributed by atoms with E-state index in [0.717, 1.165) is 0 Å². The number of aliphatic hydroxyl groups excluding tert-OH is 1. The zero-order chi connectivity index (χ0) is 8.48. The highest BCUT2D eigenvalue weighted by atomic mass is 19.3. The van der Waals surface area contributed by atoms with Gasteiger partial charge in [-0.25, -0.2) is 8.78 Å². The summed E-state index contributed by atoms with van der Waals surface area (Å²) in [5, 5.41) is 9.10. The van der Waals surface area contributed by atoms with Gasteiger partial charge in [0.25, 0.3) is 0 Å². The largest absolute Gasteiger partial charge is 0.393 e. The van der Waals surface area contributed by atoms with Crippen LogP contribution in [0.15, 0.2) is 0 Å². The summed E-state index contributed by atoms with van der Waals surface area (Å²) in [7, 11) is 0. The maximum atomic E-state index is 12.6. The fourth-order valence-corrected chi connectivity index (χ4v) is 1.54. The van der Waals surface area contributed by atoms with Gasteiger partial charge in [-0.3, -0.25) is 0 Å². The van der Waals surface area contributed by atoms with Gasteiger partial charge in [0.15, 0.2) is 0 Å². The van der Waals surface area contributed by atoms with Gasteiger partial charge in [-0.05, 0) is 25.7 Å². The average molecular weight is 164 g/mol. The highest BCUT2D eigenvalue weighted by Gasteiger charge is 2.36. The Bertz CT molecular complexity index is 124. The van der Waals surface area contributed by atoms with Crippen LogP contribution in [0.5, 0.6) is 0 Å². The maximum absolute atomic E-state index is 12.6. The fourth-order valence-electron chi connectivity index (χ4n) is 1.54. The third-order valence-electron chi connectivity index (χ3n) is 2.44. The Kier molecular flexibility index (Phi) is 2.47. The quantitative estimate of drug-likeness (QED) is 0.629. The summed E-state index contributed by atoms with van der Waals surface area (Å²) in [5.74, 6) is -2.37. The van der Waals surface area contributed by atoms with Crippen LogP contribution in [-0.4, -0.2) is 17.1 Å². The van der Waals surface area contributed by atoms with Crippen LogP contribution in [-0.2, 0) is 0 Å². The molecule has 1 aliphatic carbocycles. The van der Waals surface area contributed by atoms with Crippen LogP contribution in [0.2, 0.25) is 0 Å². The minimum atomic E-state index is -2.47. The van der Waals surface area contributed by atoms with Crippen molar-refractivity contribution in [2.45, 2.75) is 44.6 Å². The molecule has 0 saturated heterocycles. The molecular formula is C8H14F2O. The Hall–Kier alpha value is -0.180. The van der Waals surface area contributed by atoms with Gasteiger partial charge in [0.2, 0.25) is 5.92 Å². The Labute approximate surface area is 65.4 Å². The third-order valence-corrected chi connectivity index (χ3v) is 2.44. The average Bonchev–Trinajstić information content (AvgIpc) is 1.86. The van der Waals surface area contributed by atoms with E-state index in [1.165, 1.54) is 0 Å². The van der Waals surface area contributed by atoms with Crippen molar-refractivity contribution in [3.8, 4) is 0 Å². The zero-order valence-corrected chi connectivity index (χ0v) is 6.69. The van der Waals surface area contributed by atoms with Crippen LogP contribution in [0.25, 0.3) is 0 Å². The van der Waals surface area contributed by atoms with E-state index >= 15 is 0 Å². The van der Waals surface area contributed by atoms with Crippen LogP contribution in [0.3, 0.4) is 0 Å². The molecule has 66 valence electrons. The molecule has 1 atom stereocenters. The number of rotatable bonds is 1. The van der Waals surface area contributed by atoms with Crippen molar-refractivity contribution in [3.05, 3.63) is 0 Å². The Morgan fingerprint density at radius 3 is 2.18 bits per heavy atom. The second-order valence-electron chi connectivity index (χ2n) is 3.43. The predicted octanol–water partition coefficient (Wildman–Crippen LogP) is 2.19. The number of hydrogen-bond acceptors (Lipinski definition) is 1. The normalized spacial score (nSPS) is 28.4. The standard InChI is InChI=1S/C8H14F2O/c1-6(11)7-2-4-8(9,10)5-3-7/h6-7,11H,2-5H2,1H3/t6-/m0/s1. The van der Waals surface area contributed by atoms with E-state index in [1.807, 2.05) is 0 Å². The second-order valence-corrected chi connectivity index (χ2v) is 3.43. The highest BCUT2D eigenvalue weighted by Crippen LogP contribution is 2.37. The van der Waals surface area contributed by atoms with E-state index in [1.54, 1.807) is 6.92 Å². The zero-order valence-electron chi connectivity index (χ0n) is 6.69. The van der Waals surface area contributed by atoms with Gasteiger partial charge in [0.05, 0.1) is 6.10 Å². The lowest BCUT2D eigenvalue weighted by Crippen LogP contribution is -2.29. The van der Waals surface area contributed by atoms with Crippen molar-refractivity contribution in [1.29, 1.82) is 0 Å². The van der Waals surface area contributed by atoms with E-state index in [9.17, 15) is 8.78 Å². The molecule has 0 unspecified atom stereocenters. The monoisotopic (exact) mass is 164 g/mol. The maximum Gasteiger partial charge on any atom is 0.248 e. The molecule has 0 aliphatic heterocycles. The molecule has 1 nitrogen and oxygen atoms in total. The molecule has 0 spiro atoms. The lowest BCUT2D eigenvalue weighted by molar-refractivity contribution is -0.0598. The number of halogens is 2. The SMILES string of the molecule is C[C@H](O)C1CCC(F)(F)CC1. The van der Waals surface area contributed by atoms with Crippen LogP contribution >= 0.6 is 0 Å². The second kappa shape index (κ2) is 3.05. The molecule has 0 aromatic carbocycles. The molecule has 1 saturated carbocycles. The molecule has 1 aliphatic rings. The predicted molar refractivity (Wildman–Crippen MR) is 38.6 cm³/mol. The molecule has 11 heavy (non-hydrogen) atoms. The van der Waals surface area contributed by atoms with Crippen molar-refractivity contribution >= 4 is 0 Å². The molecule has 3 heteroatoms. The lowest BCUT2D eigenvalue weighted by atomic mass is 9.84. The summed E-state index contributed by atoms with van der Waals surface area (Å²) in [6, 6.07) is 0. The topological polar surface area (TPSA) is 20.2 Å². The van der Waals surface area contributed by atoms with Crippen molar-refractivity contribution in [2.75, 3.05) is 0 Å². The number of aliphatic hydroxyl groups is 1. The van der Waals surface area contributed by atoms with Gasteiger partial charge in [-0.15, -0.1) is 0 Å². The first-order valence-corrected chi connectivity index (χ1v) is 4.07. The highest BCUT2D eigenvalue weighted by molar-refractivity contribution is 4.79. The molecule has 0 heterocycles. The molecule has 1 rings (SSSR count). The first-order valence-electron chi connectivity index (χ1n) is 4.07. The molecule has 0 aromatic rings. The fraction of sp³-hybridized carbons (Fsp3) is 1.00. The van der Waals surface area contributed by atoms with E-state index in [2.05, 4.69) is 0 Å². The van der Waals surface area contributed by atoms with Gasteiger partial charge in [0.1, 0.15) is 0 Å². The minimum absolute atomic E-state index is 0.0530. The van der Waals surface area contributed by atoms with Gasteiger partial charge >= 0.3 is 0 Å². The van der Waals surface area contributed by atoms with Crippen molar-refractivity contribution < 1.29 is 13.9 Å². The van der Waals surface area contributed by atoms with Gasteiger partial charge in [-0.2, -0.15) is 0 Å². The Morgan fingerprint density at radius 2 is 1.82 bits per heavy atom. The summed E-state index contributed by atoms with van der Waals surface area (Å²) in [4.78, 5) is 0. The lowest BCUT2D eigenvalue weighted by Gasteiger charge is -2.29. The van der Waals surface area contributed by atoms with Crippen LogP contribution in [0.4, 0.5) is 8.78 Å². The Morgan fingerprint density at radius 1 is 1.36 bits per heavy atom. The van der Waals surface area contributed by atoms with Crippen LogP contribution < -0.4 is 0 Å². The van der Waals surface area contributed by atoms with Crippen molar-refractivity contribution in [2.24, 2.45) is 5.92 Å². The number of hydrogen-bond donors (Lipinski definition) is 1. The first-order chi connectivity index (χ1) is 5.01. The summed E-state index contributed by atoms with van der Waals surface area (Å²) in [5.41, 5.74) is 0. The van der Waals surface area contributed by atoms with Crippen molar-refractivity contribution in [1.82, 2.24) is 0 Å². The van der Waals surface area contributed by atoms with Crippen LogP contribution in [0, 0.1) is 5.92 Å². The summed E-state index contributed by atoms with van der Waals surface area (Å²) >= 11 is 0. The summed E-state index contributed by atoms with van der Waals surface area (Å²) < 4.78 is 25.1. The third kappa shape index (κ3) is 2.40. The van der Waals surface area contributed by atoms with E-state index in [0.29, 0.717) is 12.8 Å². The summed E-state index contributed by atoms with van der Waals surface area (Å²) in [6.07, 6.45) is 0.395. The van der Waals surface area contributed by atoms with Gasteiger partial charge < -0.3 is 5.11 Å². The molecule has 0 radical (unpaired) electrons. The molecule has 0 bridgehead atoms. The molecule has 1 fully saturated rings. The first kappa shape index (κ1) is 8.91. The Balaban J connectivity index is 2.36. The van der Waals surface area contributed by atoms with Crippen LogP contribution in [0.1, 0.15) is 32.6 Å². The van der Waals surface area contributed by atoms with E-state index in [-0.39, 0.29) is 18.8 Å². The van der Waals surface area contributed by atoms with E-state index in [4.69, 9.17) is 5.11 Å². The molecule has 1 N–H and O–H groups in total. The van der Waals surface area contributed by atoms with E-state index < -0.39 is 12.0 Å². The van der Waals surface area contributed by atoms with Gasteiger partial charge in [-0.1, -0.05) is 0 Å². The van der Waals surface area contributed by atoms with Crippen molar-refractivity contribution in [3.63, 3.8) is 0 Å². The van der Waals surface area contributed by atoms with Gasteiger partial charge in [0, 0.05) is 12.8 Å².